The lowest BCUT2D eigenvalue weighted by atomic mass is 10.2. The van der Waals surface area contributed by atoms with Crippen LogP contribution in [0.1, 0.15) is 12.5 Å². The zero-order valence-electron chi connectivity index (χ0n) is 14.6. The molecule has 1 amide bonds. The van der Waals surface area contributed by atoms with Crippen LogP contribution in [0.5, 0.6) is 11.5 Å². The summed E-state index contributed by atoms with van der Waals surface area (Å²) in [5.41, 5.74) is 0.917. The zero-order valence-corrected chi connectivity index (χ0v) is 17.0. The van der Waals surface area contributed by atoms with Crippen LogP contribution in [0.4, 0.5) is 0 Å². The van der Waals surface area contributed by atoms with Crippen LogP contribution in [0.15, 0.2) is 42.5 Å². The van der Waals surface area contributed by atoms with Gasteiger partial charge in [0.15, 0.2) is 17.6 Å². The average Bonchev–Trinajstić information content (AvgIpc) is 2.63. The molecule has 0 unspecified atom stereocenters. The Hall–Kier alpha value is -1.56. The van der Waals surface area contributed by atoms with E-state index in [0.717, 1.165) is 11.3 Å². The van der Waals surface area contributed by atoms with Gasteiger partial charge in [-0.2, -0.15) is 11.8 Å². The summed E-state index contributed by atoms with van der Waals surface area (Å²) in [4.78, 5) is 12.2. The lowest BCUT2D eigenvalue weighted by Crippen LogP contribution is -2.37. The SMILES string of the molecule is COc1ccccc1O[C@@H](C)C(=O)NCCSCc1c(Cl)cccc1Cl. The van der Waals surface area contributed by atoms with Crippen LogP contribution in [0.3, 0.4) is 0 Å². The van der Waals surface area contributed by atoms with Crippen molar-refractivity contribution in [3.05, 3.63) is 58.1 Å². The van der Waals surface area contributed by atoms with Crippen molar-refractivity contribution < 1.29 is 14.3 Å². The molecule has 0 aliphatic rings. The van der Waals surface area contributed by atoms with Gasteiger partial charge in [0.05, 0.1) is 7.11 Å². The Morgan fingerprint density at radius 2 is 1.77 bits per heavy atom. The highest BCUT2D eigenvalue weighted by atomic mass is 35.5. The standard InChI is InChI=1S/C19H21Cl2NO3S/c1-13(25-18-9-4-3-8-17(18)24-2)19(23)22-10-11-26-12-14-15(20)6-5-7-16(14)21/h3-9,13H,10-12H2,1-2H3,(H,22,23)/t13-/m0/s1. The van der Waals surface area contributed by atoms with Gasteiger partial charge in [0.1, 0.15) is 0 Å². The van der Waals surface area contributed by atoms with Gasteiger partial charge in [-0.05, 0) is 36.8 Å². The molecular formula is C19H21Cl2NO3S. The first-order valence-corrected chi connectivity index (χ1v) is 10.0. The van der Waals surface area contributed by atoms with Crippen LogP contribution >= 0.6 is 35.0 Å². The molecule has 2 aromatic carbocycles. The number of thioether (sulfide) groups is 1. The van der Waals surface area contributed by atoms with Gasteiger partial charge in [0.2, 0.25) is 0 Å². The number of hydrogen-bond acceptors (Lipinski definition) is 4. The van der Waals surface area contributed by atoms with Crippen LogP contribution in [-0.2, 0) is 10.5 Å². The number of para-hydroxylation sites is 2. The van der Waals surface area contributed by atoms with Crippen LogP contribution in [0.2, 0.25) is 10.0 Å². The Morgan fingerprint density at radius 3 is 2.42 bits per heavy atom. The molecule has 0 saturated carbocycles. The second-order valence-corrected chi connectivity index (χ2v) is 7.37. The Morgan fingerprint density at radius 1 is 1.12 bits per heavy atom. The maximum atomic E-state index is 12.2. The first kappa shape index (κ1) is 20.7. The quantitative estimate of drug-likeness (QED) is 0.598. The highest BCUT2D eigenvalue weighted by molar-refractivity contribution is 7.98. The zero-order chi connectivity index (χ0) is 18.9. The molecular weight excluding hydrogens is 393 g/mol. The maximum absolute atomic E-state index is 12.2. The van der Waals surface area contributed by atoms with Gasteiger partial charge in [-0.1, -0.05) is 41.4 Å². The molecule has 0 aromatic heterocycles. The molecule has 2 aromatic rings. The number of benzene rings is 2. The van der Waals surface area contributed by atoms with Gasteiger partial charge in [-0.15, -0.1) is 0 Å². The molecule has 0 fully saturated rings. The van der Waals surface area contributed by atoms with E-state index >= 15 is 0 Å². The number of nitrogens with one attached hydrogen (secondary N) is 1. The van der Waals surface area contributed by atoms with Crippen LogP contribution in [0.25, 0.3) is 0 Å². The van der Waals surface area contributed by atoms with E-state index in [1.807, 2.05) is 30.3 Å². The summed E-state index contributed by atoms with van der Waals surface area (Å²) in [5, 5.41) is 4.18. The first-order chi connectivity index (χ1) is 12.5. The summed E-state index contributed by atoms with van der Waals surface area (Å²) in [5.74, 6) is 2.41. The number of hydrogen-bond donors (Lipinski definition) is 1. The van der Waals surface area contributed by atoms with Gasteiger partial charge in [0.25, 0.3) is 5.91 Å². The van der Waals surface area contributed by atoms with Crippen molar-refractivity contribution >= 4 is 40.9 Å². The van der Waals surface area contributed by atoms with Gasteiger partial charge < -0.3 is 14.8 Å². The van der Waals surface area contributed by atoms with Crippen molar-refractivity contribution in [2.75, 3.05) is 19.4 Å². The Balaban J connectivity index is 1.73. The van der Waals surface area contributed by atoms with Gasteiger partial charge in [-0.25, -0.2) is 0 Å². The van der Waals surface area contributed by atoms with Gasteiger partial charge >= 0.3 is 0 Å². The molecule has 0 aliphatic carbocycles. The molecule has 0 saturated heterocycles. The smallest absolute Gasteiger partial charge is 0.260 e. The number of rotatable bonds is 9. The molecule has 0 radical (unpaired) electrons. The number of amides is 1. The van der Waals surface area contributed by atoms with Gasteiger partial charge in [0, 0.05) is 28.1 Å². The van der Waals surface area contributed by atoms with E-state index < -0.39 is 6.10 Å². The third-order valence-electron chi connectivity index (χ3n) is 3.60. The lowest BCUT2D eigenvalue weighted by molar-refractivity contribution is -0.127. The molecule has 0 heterocycles. The Bertz CT molecular complexity index is 722. The third-order valence-corrected chi connectivity index (χ3v) is 5.29. The maximum Gasteiger partial charge on any atom is 0.260 e. The summed E-state index contributed by atoms with van der Waals surface area (Å²) in [7, 11) is 1.56. The molecule has 1 N–H and O–H groups in total. The van der Waals surface area contributed by atoms with Crippen molar-refractivity contribution in [2.45, 2.75) is 18.8 Å². The van der Waals surface area contributed by atoms with E-state index in [1.54, 1.807) is 37.9 Å². The van der Waals surface area contributed by atoms with E-state index in [1.165, 1.54) is 0 Å². The average molecular weight is 414 g/mol. The van der Waals surface area contributed by atoms with Crippen molar-refractivity contribution in [1.29, 1.82) is 0 Å². The highest BCUT2D eigenvalue weighted by Crippen LogP contribution is 2.28. The summed E-state index contributed by atoms with van der Waals surface area (Å²) < 4.78 is 10.9. The molecule has 4 nitrogen and oxygen atoms in total. The van der Waals surface area contributed by atoms with E-state index in [0.29, 0.717) is 33.8 Å². The predicted octanol–water partition coefficient (Wildman–Crippen LogP) is 4.82. The Labute approximate surface area is 168 Å². The molecule has 7 heteroatoms. The first-order valence-electron chi connectivity index (χ1n) is 8.11. The van der Waals surface area contributed by atoms with Crippen molar-refractivity contribution in [3.8, 4) is 11.5 Å². The predicted molar refractivity (Wildman–Crippen MR) is 109 cm³/mol. The summed E-state index contributed by atoms with van der Waals surface area (Å²) in [6, 6.07) is 12.7. The largest absolute Gasteiger partial charge is 0.493 e. The number of ether oxygens (including phenoxy) is 2. The number of carbonyl (C=O) groups excluding carboxylic acids is 1. The summed E-state index contributed by atoms with van der Waals surface area (Å²) in [6.45, 7) is 2.24. The fraction of sp³-hybridized carbons (Fsp3) is 0.316. The number of methoxy groups -OCH3 is 1. The minimum atomic E-state index is -0.616. The Kier molecular flexibility index (Phi) is 8.42. The fourth-order valence-electron chi connectivity index (χ4n) is 2.19. The lowest BCUT2D eigenvalue weighted by Gasteiger charge is -2.16. The number of carbonyl (C=O) groups is 1. The topological polar surface area (TPSA) is 47.6 Å². The van der Waals surface area contributed by atoms with Crippen molar-refractivity contribution in [2.24, 2.45) is 0 Å². The monoisotopic (exact) mass is 413 g/mol. The molecule has 140 valence electrons. The highest BCUT2D eigenvalue weighted by Gasteiger charge is 2.16. The third kappa shape index (κ3) is 6.01. The molecule has 0 aliphatic heterocycles. The minimum Gasteiger partial charge on any atom is -0.493 e. The van der Waals surface area contributed by atoms with E-state index in [4.69, 9.17) is 32.7 Å². The van der Waals surface area contributed by atoms with E-state index in [9.17, 15) is 4.79 Å². The van der Waals surface area contributed by atoms with Crippen molar-refractivity contribution in [1.82, 2.24) is 5.32 Å². The molecule has 0 bridgehead atoms. The van der Waals surface area contributed by atoms with Crippen molar-refractivity contribution in [3.63, 3.8) is 0 Å². The van der Waals surface area contributed by atoms with Crippen LogP contribution in [0, 0.1) is 0 Å². The molecule has 0 spiro atoms. The van der Waals surface area contributed by atoms with Crippen LogP contribution in [-0.4, -0.2) is 31.4 Å². The normalized spacial score (nSPS) is 11.7. The molecule has 2 rings (SSSR count). The van der Waals surface area contributed by atoms with E-state index in [2.05, 4.69) is 5.32 Å². The van der Waals surface area contributed by atoms with Gasteiger partial charge in [-0.3, -0.25) is 4.79 Å². The second-order valence-electron chi connectivity index (χ2n) is 5.45. The molecule has 1 atom stereocenters. The van der Waals surface area contributed by atoms with E-state index in [-0.39, 0.29) is 5.91 Å². The summed E-state index contributed by atoms with van der Waals surface area (Å²) in [6.07, 6.45) is -0.616. The fourth-order valence-corrected chi connectivity index (χ4v) is 3.79. The molecule has 26 heavy (non-hydrogen) atoms. The number of halogens is 2. The summed E-state index contributed by atoms with van der Waals surface area (Å²) >= 11 is 13.9. The van der Waals surface area contributed by atoms with Crippen LogP contribution < -0.4 is 14.8 Å². The second kappa shape index (κ2) is 10.6. The minimum absolute atomic E-state index is 0.174.